The largest absolute Gasteiger partial charge is 0.405 e. The average Bonchev–Trinajstić information content (AvgIpc) is 3.36. The maximum absolute atomic E-state index is 13.4. The normalized spacial score (nSPS) is 14.4. The molecular formula is C24H35N6O6PS. The van der Waals surface area contributed by atoms with E-state index in [4.69, 9.17) is 19.5 Å². The Bertz CT molecular complexity index is 1230. The Kier molecular flexibility index (Phi) is 11.2. The van der Waals surface area contributed by atoms with Crippen LogP contribution >= 0.6 is 19.5 Å². The van der Waals surface area contributed by atoms with Crippen molar-refractivity contribution in [3.05, 3.63) is 48.5 Å². The fourth-order valence-corrected chi connectivity index (χ4v) is 5.49. The molecule has 38 heavy (non-hydrogen) atoms. The molecule has 0 radical (unpaired) electrons. The van der Waals surface area contributed by atoms with Gasteiger partial charge in [0, 0.05) is 12.3 Å². The van der Waals surface area contributed by atoms with Gasteiger partial charge in [0.25, 0.3) is 0 Å². The number of anilines is 1. The zero-order chi connectivity index (χ0) is 27.6. The van der Waals surface area contributed by atoms with Crippen LogP contribution in [0.2, 0.25) is 0 Å². The Labute approximate surface area is 226 Å². The molecule has 3 rings (SSSR count). The lowest BCUT2D eigenvalue weighted by Gasteiger charge is -2.22. The monoisotopic (exact) mass is 566 g/mol. The Hall–Kier alpha value is -2.38. The van der Waals surface area contributed by atoms with E-state index in [0.717, 1.165) is 17.3 Å². The number of hydrogen-bond acceptors (Lipinski definition) is 11. The van der Waals surface area contributed by atoms with Gasteiger partial charge in [0.15, 0.2) is 16.6 Å². The number of thioether (sulfide) groups is 1. The van der Waals surface area contributed by atoms with E-state index in [1.54, 1.807) is 24.7 Å². The van der Waals surface area contributed by atoms with E-state index in [1.165, 1.54) is 6.33 Å². The van der Waals surface area contributed by atoms with Gasteiger partial charge in [0.2, 0.25) is 0 Å². The molecule has 0 aliphatic heterocycles. The second-order valence-electron chi connectivity index (χ2n) is 8.98. The standard InChI is InChI=1S/C24H35N6O6PS/c1-4-19(30-17-28-20-21(25)26-16-27-22(20)30)34-10-11-35-37(33,29-14-18-8-6-5-7-9-18)36-12-13-38-23(32)24(2,3)15-31/h5-9,16-17,19,31H,4,10-15H2,1-3H3,(H,29,33)(H2,25,26,27)/t19-,37?/m0/s1. The molecule has 4 N–H and O–H groups in total. The third kappa shape index (κ3) is 8.31. The number of rotatable bonds is 16. The van der Waals surface area contributed by atoms with Gasteiger partial charge in [-0.2, -0.15) is 0 Å². The summed E-state index contributed by atoms with van der Waals surface area (Å²) in [5.41, 5.74) is 6.97. The number of ether oxygens (including phenoxy) is 1. The quantitative estimate of drug-likeness (QED) is 0.171. The molecule has 14 heteroatoms. The molecule has 208 valence electrons. The summed E-state index contributed by atoms with van der Waals surface area (Å²) in [6.45, 7) is 5.41. The van der Waals surface area contributed by atoms with Crippen LogP contribution in [-0.4, -0.2) is 61.9 Å². The highest BCUT2D eigenvalue weighted by atomic mass is 32.2. The molecule has 0 saturated carbocycles. The molecule has 12 nitrogen and oxygen atoms in total. The van der Waals surface area contributed by atoms with Gasteiger partial charge < -0.3 is 15.6 Å². The van der Waals surface area contributed by atoms with E-state index in [2.05, 4.69) is 20.0 Å². The van der Waals surface area contributed by atoms with Gasteiger partial charge in [-0.15, -0.1) is 0 Å². The number of aromatic nitrogens is 4. The first-order valence-electron chi connectivity index (χ1n) is 12.2. The van der Waals surface area contributed by atoms with Crippen LogP contribution < -0.4 is 10.8 Å². The van der Waals surface area contributed by atoms with Crippen LogP contribution in [0.3, 0.4) is 0 Å². The van der Waals surface area contributed by atoms with Crippen LogP contribution in [0.1, 0.15) is 39.0 Å². The topological polar surface area (TPSA) is 164 Å². The van der Waals surface area contributed by atoms with Crippen LogP contribution in [-0.2, 0) is 29.7 Å². The van der Waals surface area contributed by atoms with Gasteiger partial charge in [-0.3, -0.25) is 18.4 Å². The number of aliphatic hydroxyl groups is 1. The van der Waals surface area contributed by atoms with Crippen LogP contribution in [0.15, 0.2) is 43.0 Å². The lowest BCUT2D eigenvalue weighted by atomic mass is 9.97. The van der Waals surface area contributed by atoms with Crippen molar-refractivity contribution < 1.29 is 28.3 Å². The highest BCUT2D eigenvalue weighted by molar-refractivity contribution is 8.13. The smallest absolute Gasteiger partial charge is 0.395 e. The summed E-state index contributed by atoms with van der Waals surface area (Å²) in [6, 6.07) is 9.44. The minimum atomic E-state index is -3.73. The van der Waals surface area contributed by atoms with Gasteiger partial charge in [-0.1, -0.05) is 49.0 Å². The molecule has 0 spiro atoms. The van der Waals surface area contributed by atoms with E-state index in [1.807, 2.05) is 37.3 Å². The van der Waals surface area contributed by atoms with Crippen LogP contribution in [0.4, 0.5) is 5.82 Å². The number of benzene rings is 1. The molecule has 2 aromatic heterocycles. The van der Waals surface area contributed by atoms with E-state index >= 15 is 0 Å². The van der Waals surface area contributed by atoms with Gasteiger partial charge in [0.05, 0.1) is 38.2 Å². The summed E-state index contributed by atoms with van der Waals surface area (Å²) in [5, 5.41) is 12.1. The van der Waals surface area contributed by atoms with E-state index in [-0.39, 0.29) is 49.7 Å². The fraction of sp³-hybridized carbons (Fsp3) is 0.500. The van der Waals surface area contributed by atoms with Gasteiger partial charge in [-0.05, 0) is 25.8 Å². The van der Waals surface area contributed by atoms with Crippen molar-refractivity contribution in [1.29, 1.82) is 0 Å². The van der Waals surface area contributed by atoms with E-state index < -0.39 is 19.4 Å². The lowest BCUT2D eigenvalue weighted by Crippen LogP contribution is -2.26. The minimum Gasteiger partial charge on any atom is -0.395 e. The molecule has 3 aromatic rings. The van der Waals surface area contributed by atoms with Crippen LogP contribution in [0.5, 0.6) is 0 Å². The molecule has 1 aromatic carbocycles. The predicted molar refractivity (Wildman–Crippen MR) is 146 cm³/mol. The highest BCUT2D eigenvalue weighted by Crippen LogP contribution is 2.44. The summed E-state index contributed by atoms with van der Waals surface area (Å²) < 4.78 is 32.4. The zero-order valence-corrected chi connectivity index (χ0v) is 23.5. The number of fused-ring (bicyclic) bond motifs is 1. The van der Waals surface area contributed by atoms with Crippen molar-refractivity contribution in [2.45, 2.75) is 40.0 Å². The van der Waals surface area contributed by atoms with Gasteiger partial charge in [0.1, 0.15) is 18.1 Å². The summed E-state index contributed by atoms with van der Waals surface area (Å²) in [7, 11) is -3.73. The molecular weight excluding hydrogens is 531 g/mol. The molecule has 0 saturated heterocycles. The SMILES string of the molecule is CC[C@H](OCCOP(=O)(NCc1ccccc1)OCCSC(=O)C(C)(C)CO)n1cnc2c(N)ncnc21. The molecule has 2 atom stereocenters. The molecule has 2 heterocycles. The first-order valence-corrected chi connectivity index (χ1v) is 14.7. The minimum absolute atomic E-state index is 0.0110. The maximum Gasteiger partial charge on any atom is 0.405 e. The van der Waals surface area contributed by atoms with Crippen molar-refractivity contribution in [3.63, 3.8) is 0 Å². The maximum atomic E-state index is 13.4. The number of hydrogen-bond donors (Lipinski definition) is 3. The van der Waals surface area contributed by atoms with Crippen molar-refractivity contribution in [2.24, 2.45) is 5.41 Å². The van der Waals surface area contributed by atoms with Crippen LogP contribution in [0, 0.1) is 5.41 Å². The Morgan fingerprint density at radius 3 is 2.63 bits per heavy atom. The number of carbonyl (C=O) groups excluding carboxylic acids is 1. The van der Waals surface area contributed by atoms with E-state index in [9.17, 15) is 14.5 Å². The molecule has 0 aliphatic carbocycles. The number of imidazole rings is 1. The molecule has 0 bridgehead atoms. The number of nitrogens with zero attached hydrogens (tertiary/aromatic N) is 4. The Morgan fingerprint density at radius 2 is 1.92 bits per heavy atom. The number of aliphatic hydroxyl groups excluding tert-OH is 1. The van der Waals surface area contributed by atoms with Gasteiger partial charge >= 0.3 is 7.75 Å². The third-order valence-electron chi connectivity index (χ3n) is 5.55. The predicted octanol–water partition coefficient (Wildman–Crippen LogP) is 3.54. The second kappa shape index (κ2) is 14.1. The Balaban J connectivity index is 1.56. The number of nitrogens with one attached hydrogen (secondary N) is 1. The number of nitrogens with two attached hydrogens (primary N) is 1. The average molecular weight is 567 g/mol. The molecule has 0 fully saturated rings. The van der Waals surface area contributed by atoms with Crippen molar-refractivity contribution in [2.75, 3.05) is 37.9 Å². The molecule has 1 unspecified atom stereocenters. The first kappa shape index (κ1) is 30.2. The van der Waals surface area contributed by atoms with Gasteiger partial charge in [-0.25, -0.2) is 24.6 Å². The summed E-state index contributed by atoms with van der Waals surface area (Å²) in [4.78, 5) is 24.7. The third-order valence-corrected chi connectivity index (χ3v) is 8.32. The highest BCUT2D eigenvalue weighted by Gasteiger charge is 2.28. The van der Waals surface area contributed by atoms with Crippen molar-refractivity contribution in [3.8, 4) is 0 Å². The van der Waals surface area contributed by atoms with Crippen molar-refractivity contribution in [1.82, 2.24) is 24.6 Å². The molecule has 0 aliphatic rings. The Morgan fingerprint density at radius 1 is 1.18 bits per heavy atom. The number of carbonyl (C=O) groups is 1. The van der Waals surface area contributed by atoms with Crippen LogP contribution in [0.25, 0.3) is 11.2 Å². The number of nitrogen functional groups attached to an aromatic ring is 1. The molecule has 0 amide bonds. The van der Waals surface area contributed by atoms with Crippen molar-refractivity contribution >= 4 is 41.6 Å². The zero-order valence-electron chi connectivity index (χ0n) is 21.8. The lowest BCUT2D eigenvalue weighted by molar-refractivity contribution is -0.119. The van der Waals surface area contributed by atoms with E-state index in [0.29, 0.717) is 17.6 Å². The fourth-order valence-electron chi connectivity index (χ4n) is 3.28. The summed E-state index contributed by atoms with van der Waals surface area (Å²) in [6.07, 6.45) is 3.18. The summed E-state index contributed by atoms with van der Waals surface area (Å²) >= 11 is 1.02. The second-order valence-corrected chi connectivity index (χ2v) is 11.9. The first-order chi connectivity index (χ1) is 18.2. The summed E-state index contributed by atoms with van der Waals surface area (Å²) in [5.74, 6) is 0.546.